The average Bonchev–Trinajstić information content (AvgIpc) is 3.21. The summed E-state index contributed by atoms with van der Waals surface area (Å²) in [4.78, 5) is 15.9. The normalized spacial score (nSPS) is 16.5. The quantitative estimate of drug-likeness (QED) is 0.795. The van der Waals surface area contributed by atoms with Crippen LogP contribution in [0.15, 0.2) is 48.5 Å². The lowest BCUT2D eigenvalue weighted by Gasteiger charge is -2.31. The van der Waals surface area contributed by atoms with Crippen molar-refractivity contribution < 1.29 is 23.9 Å². The third-order valence-corrected chi connectivity index (χ3v) is 5.21. The van der Waals surface area contributed by atoms with E-state index in [4.69, 9.17) is 14.2 Å². The minimum Gasteiger partial charge on any atom is -0.497 e. The third-order valence-electron chi connectivity index (χ3n) is 5.21. The molecule has 6 nitrogen and oxygen atoms in total. The van der Waals surface area contributed by atoms with Crippen molar-refractivity contribution >= 4 is 12.0 Å². The molecule has 2 aliphatic heterocycles. The van der Waals surface area contributed by atoms with Crippen LogP contribution in [0.1, 0.15) is 11.1 Å². The van der Waals surface area contributed by atoms with Crippen LogP contribution in [0.2, 0.25) is 0 Å². The predicted octanol–water partition coefficient (Wildman–Crippen LogP) is 1.36. The Morgan fingerprint density at radius 3 is 2.61 bits per heavy atom. The van der Waals surface area contributed by atoms with E-state index in [2.05, 4.69) is 12.1 Å². The zero-order chi connectivity index (χ0) is 19.3. The van der Waals surface area contributed by atoms with Gasteiger partial charge in [-0.3, -0.25) is 4.79 Å². The largest absolute Gasteiger partial charge is 0.497 e. The van der Waals surface area contributed by atoms with Crippen molar-refractivity contribution in [2.75, 3.05) is 40.1 Å². The van der Waals surface area contributed by atoms with E-state index in [0.717, 1.165) is 55.5 Å². The van der Waals surface area contributed by atoms with Gasteiger partial charge in [-0.05, 0) is 42.0 Å². The fraction of sp³-hybridized carbons (Fsp3) is 0.318. The maximum Gasteiger partial charge on any atom is 0.246 e. The number of quaternary nitrogens is 1. The molecule has 1 amide bonds. The SMILES string of the molecule is COc1ccc(/C=C/C(=O)N2CC[NH+](Cc3ccc4c(c3)OCO4)CC2)cc1. The zero-order valence-corrected chi connectivity index (χ0v) is 16.0. The molecule has 4 rings (SSSR count). The Morgan fingerprint density at radius 2 is 1.86 bits per heavy atom. The lowest BCUT2D eigenvalue weighted by molar-refractivity contribution is -0.917. The van der Waals surface area contributed by atoms with Crippen molar-refractivity contribution in [1.82, 2.24) is 4.90 Å². The summed E-state index contributed by atoms with van der Waals surface area (Å²) in [6, 6.07) is 13.8. The van der Waals surface area contributed by atoms with Crippen molar-refractivity contribution in [3.8, 4) is 17.2 Å². The van der Waals surface area contributed by atoms with Gasteiger partial charge in [0, 0.05) is 11.6 Å². The van der Waals surface area contributed by atoms with Gasteiger partial charge < -0.3 is 24.0 Å². The monoisotopic (exact) mass is 381 g/mol. The molecular weight excluding hydrogens is 356 g/mol. The van der Waals surface area contributed by atoms with Crippen LogP contribution in [0.25, 0.3) is 6.08 Å². The van der Waals surface area contributed by atoms with Crippen LogP contribution in [0.4, 0.5) is 0 Å². The molecule has 0 bridgehead atoms. The number of amides is 1. The zero-order valence-electron chi connectivity index (χ0n) is 16.0. The van der Waals surface area contributed by atoms with Crippen molar-refractivity contribution in [2.24, 2.45) is 0 Å². The number of fused-ring (bicyclic) bond motifs is 1. The number of piperazine rings is 1. The Balaban J connectivity index is 1.27. The van der Waals surface area contributed by atoms with E-state index < -0.39 is 0 Å². The number of ether oxygens (including phenoxy) is 3. The van der Waals surface area contributed by atoms with Gasteiger partial charge in [-0.25, -0.2) is 0 Å². The molecule has 28 heavy (non-hydrogen) atoms. The molecule has 6 heteroatoms. The molecule has 0 saturated carbocycles. The molecule has 146 valence electrons. The minimum atomic E-state index is 0.0675. The maximum atomic E-state index is 12.5. The Kier molecular flexibility index (Phi) is 5.48. The van der Waals surface area contributed by atoms with E-state index in [9.17, 15) is 4.79 Å². The van der Waals surface area contributed by atoms with Crippen LogP contribution in [0, 0.1) is 0 Å². The molecule has 2 heterocycles. The van der Waals surface area contributed by atoms with E-state index in [1.807, 2.05) is 41.3 Å². The van der Waals surface area contributed by atoms with Crippen LogP contribution >= 0.6 is 0 Å². The summed E-state index contributed by atoms with van der Waals surface area (Å²) >= 11 is 0. The Labute approximate surface area is 164 Å². The molecule has 1 saturated heterocycles. The number of hydrogen-bond donors (Lipinski definition) is 1. The summed E-state index contributed by atoms with van der Waals surface area (Å²) in [6.07, 6.45) is 3.51. The molecule has 2 aliphatic rings. The summed E-state index contributed by atoms with van der Waals surface area (Å²) in [5, 5.41) is 0. The summed E-state index contributed by atoms with van der Waals surface area (Å²) in [6.45, 7) is 4.65. The summed E-state index contributed by atoms with van der Waals surface area (Å²) in [7, 11) is 1.64. The predicted molar refractivity (Wildman–Crippen MR) is 106 cm³/mol. The van der Waals surface area contributed by atoms with Crippen LogP contribution in [0.3, 0.4) is 0 Å². The second-order valence-electron chi connectivity index (χ2n) is 7.05. The van der Waals surface area contributed by atoms with Crippen LogP contribution in [0.5, 0.6) is 17.2 Å². The number of nitrogens with one attached hydrogen (secondary N) is 1. The van der Waals surface area contributed by atoms with Crippen molar-refractivity contribution in [3.05, 3.63) is 59.7 Å². The highest BCUT2D eigenvalue weighted by atomic mass is 16.7. The van der Waals surface area contributed by atoms with Crippen molar-refractivity contribution in [1.29, 1.82) is 0 Å². The van der Waals surface area contributed by atoms with Gasteiger partial charge in [0.1, 0.15) is 12.3 Å². The number of rotatable bonds is 5. The lowest BCUT2D eigenvalue weighted by atomic mass is 10.1. The fourth-order valence-corrected chi connectivity index (χ4v) is 3.55. The lowest BCUT2D eigenvalue weighted by Crippen LogP contribution is -3.13. The number of benzene rings is 2. The van der Waals surface area contributed by atoms with Crippen molar-refractivity contribution in [2.45, 2.75) is 6.54 Å². The smallest absolute Gasteiger partial charge is 0.246 e. The molecule has 2 aromatic rings. The Morgan fingerprint density at radius 1 is 1.11 bits per heavy atom. The van der Waals surface area contributed by atoms with Gasteiger partial charge in [-0.1, -0.05) is 12.1 Å². The highest BCUT2D eigenvalue weighted by Crippen LogP contribution is 2.32. The molecule has 1 N–H and O–H groups in total. The number of methoxy groups -OCH3 is 1. The first-order valence-corrected chi connectivity index (χ1v) is 9.54. The Hall–Kier alpha value is -2.99. The second kappa shape index (κ2) is 8.35. The van der Waals surface area contributed by atoms with Gasteiger partial charge in [-0.15, -0.1) is 0 Å². The molecule has 0 unspecified atom stereocenters. The molecule has 0 aliphatic carbocycles. The van der Waals surface area contributed by atoms with Crippen LogP contribution < -0.4 is 19.1 Å². The van der Waals surface area contributed by atoms with Gasteiger partial charge in [0.15, 0.2) is 11.5 Å². The van der Waals surface area contributed by atoms with E-state index >= 15 is 0 Å². The highest BCUT2D eigenvalue weighted by molar-refractivity contribution is 5.91. The second-order valence-corrected chi connectivity index (χ2v) is 7.05. The molecule has 2 aromatic carbocycles. The summed E-state index contributed by atoms with van der Waals surface area (Å²) in [5.41, 5.74) is 2.22. The molecule has 0 atom stereocenters. The van der Waals surface area contributed by atoms with Crippen LogP contribution in [-0.4, -0.2) is 50.9 Å². The van der Waals surface area contributed by atoms with E-state index in [1.165, 1.54) is 10.5 Å². The van der Waals surface area contributed by atoms with Crippen molar-refractivity contribution in [3.63, 3.8) is 0 Å². The Bertz CT molecular complexity index is 855. The molecule has 0 aromatic heterocycles. The first kappa shape index (κ1) is 18.4. The standard InChI is InChI=1S/C22H24N2O4/c1-26-19-6-2-17(3-7-19)5-9-22(25)24-12-10-23(11-13-24)15-18-4-8-20-21(14-18)28-16-27-20/h2-9,14H,10-13,15-16H2,1H3/p+1/b9-5+. The van der Waals surface area contributed by atoms with E-state index in [0.29, 0.717) is 6.79 Å². The molecule has 1 fully saturated rings. The first-order valence-electron chi connectivity index (χ1n) is 9.54. The molecule has 0 radical (unpaired) electrons. The number of carbonyl (C=O) groups is 1. The van der Waals surface area contributed by atoms with Crippen LogP contribution in [-0.2, 0) is 11.3 Å². The van der Waals surface area contributed by atoms with Gasteiger partial charge in [0.25, 0.3) is 0 Å². The van der Waals surface area contributed by atoms with E-state index in [-0.39, 0.29) is 5.91 Å². The number of hydrogen-bond acceptors (Lipinski definition) is 4. The first-order chi connectivity index (χ1) is 13.7. The maximum absolute atomic E-state index is 12.5. The minimum absolute atomic E-state index is 0.0675. The van der Waals surface area contributed by atoms with Gasteiger partial charge in [0.2, 0.25) is 12.7 Å². The average molecular weight is 381 g/mol. The van der Waals surface area contributed by atoms with Gasteiger partial charge in [0.05, 0.1) is 33.3 Å². The summed E-state index contributed by atoms with van der Waals surface area (Å²) < 4.78 is 16.0. The topological polar surface area (TPSA) is 52.4 Å². The number of carbonyl (C=O) groups excluding carboxylic acids is 1. The molecule has 0 spiro atoms. The van der Waals surface area contributed by atoms with Gasteiger partial charge >= 0.3 is 0 Å². The summed E-state index contributed by atoms with van der Waals surface area (Å²) in [5.74, 6) is 2.52. The highest BCUT2D eigenvalue weighted by Gasteiger charge is 2.23. The van der Waals surface area contributed by atoms with E-state index in [1.54, 1.807) is 13.2 Å². The number of nitrogens with zero attached hydrogens (tertiary/aromatic N) is 1. The fourth-order valence-electron chi connectivity index (χ4n) is 3.55. The third kappa shape index (κ3) is 4.28. The molecular formula is C22H25N2O4+. The van der Waals surface area contributed by atoms with Gasteiger partial charge in [-0.2, -0.15) is 0 Å².